The summed E-state index contributed by atoms with van der Waals surface area (Å²) < 4.78 is 32.4. The van der Waals surface area contributed by atoms with E-state index in [9.17, 15) is 28.3 Å². The number of aromatic nitrogens is 3. The van der Waals surface area contributed by atoms with Crippen LogP contribution in [0.2, 0.25) is 0 Å². The molecule has 2 bridgehead atoms. The first-order valence-electron chi connectivity index (χ1n) is 12.6. The first-order chi connectivity index (χ1) is 18.5. The Bertz CT molecular complexity index is 1400. The molecule has 10 nitrogen and oxygen atoms in total. The number of carbonyl (C=O) groups excluding carboxylic acids is 2. The molecule has 3 aromatic rings. The van der Waals surface area contributed by atoms with Crippen molar-refractivity contribution in [3.63, 3.8) is 0 Å². The standard InChI is InChI=1S/C19H21FN4O5.C8H10FN/c1-29-17(28)19-5-2-18(3-6-19,4-7-19)10-21-15(25)13-8-12(16(26)27)23-14-11(20)9-22-24(13)14;1-6-4-7(5-10)2-3-8(6)9/h8-9H,2-7,10H2,1H3,(H,21,25)(H,26,27);2-4H,5,10H2,1H3. The average Bonchev–Trinajstić information content (AvgIpc) is 3.34. The van der Waals surface area contributed by atoms with Gasteiger partial charge in [0.05, 0.1) is 18.7 Å². The third-order valence-corrected chi connectivity index (χ3v) is 7.98. The molecule has 1 aromatic carbocycles. The summed E-state index contributed by atoms with van der Waals surface area (Å²) in [4.78, 5) is 39.9. The number of amides is 1. The number of hydrogen-bond donors (Lipinski definition) is 3. The van der Waals surface area contributed by atoms with Gasteiger partial charge in [0, 0.05) is 19.2 Å². The lowest BCUT2D eigenvalue weighted by Crippen LogP contribution is -2.50. The van der Waals surface area contributed by atoms with E-state index >= 15 is 0 Å². The normalized spacial score (nSPS) is 21.7. The smallest absolute Gasteiger partial charge is 0.354 e. The highest BCUT2D eigenvalue weighted by Crippen LogP contribution is 2.57. The Morgan fingerprint density at radius 1 is 1.10 bits per heavy atom. The van der Waals surface area contributed by atoms with E-state index in [1.807, 2.05) is 0 Å². The van der Waals surface area contributed by atoms with Crippen molar-refractivity contribution < 1.29 is 33.0 Å². The number of ether oxygens (including phenoxy) is 1. The van der Waals surface area contributed by atoms with Crippen molar-refractivity contribution >= 4 is 23.5 Å². The van der Waals surface area contributed by atoms with Crippen molar-refractivity contribution in [1.29, 1.82) is 0 Å². The molecule has 3 fully saturated rings. The zero-order valence-corrected chi connectivity index (χ0v) is 21.8. The fourth-order valence-corrected chi connectivity index (χ4v) is 5.45. The fraction of sp³-hybridized carbons (Fsp3) is 0.444. The summed E-state index contributed by atoms with van der Waals surface area (Å²) in [5.74, 6) is -3.04. The van der Waals surface area contributed by atoms with Gasteiger partial charge < -0.3 is 20.9 Å². The SMILES string of the molecule is COC(=O)C12CCC(CNC(=O)c3cc(C(=O)O)nc4c(F)cnn34)(CC1)CC2.Cc1cc(CN)ccc1F. The van der Waals surface area contributed by atoms with Crippen LogP contribution in [0.25, 0.3) is 5.65 Å². The van der Waals surface area contributed by atoms with Gasteiger partial charge in [0.15, 0.2) is 17.2 Å². The van der Waals surface area contributed by atoms with E-state index in [2.05, 4.69) is 15.4 Å². The highest BCUT2D eigenvalue weighted by molar-refractivity contribution is 5.96. The first-order valence-corrected chi connectivity index (χ1v) is 12.6. The number of aromatic carboxylic acids is 1. The summed E-state index contributed by atoms with van der Waals surface area (Å²) in [6.07, 6.45) is 5.45. The van der Waals surface area contributed by atoms with Gasteiger partial charge >= 0.3 is 11.9 Å². The number of nitrogens with one attached hydrogen (secondary N) is 1. The highest BCUT2D eigenvalue weighted by atomic mass is 19.1. The molecule has 0 unspecified atom stereocenters. The van der Waals surface area contributed by atoms with Crippen LogP contribution in [0.4, 0.5) is 8.78 Å². The molecule has 3 aliphatic rings. The molecule has 1 amide bonds. The van der Waals surface area contributed by atoms with Gasteiger partial charge in [-0.2, -0.15) is 5.10 Å². The number of halogens is 2. The van der Waals surface area contributed by atoms with E-state index in [0.29, 0.717) is 18.7 Å². The maximum Gasteiger partial charge on any atom is 0.354 e. The quantitative estimate of drug-likeness (QED) is 0.401. The van der Waals surface area contributed by atoms with E-state index < -0.39 is 28.8 Å². The minimum Gasteiger partial charge on any atom is -0.477 e. The van der Waals surface area contributed by atoms with Crippen molar-refractivity contribution in [1.82, 2.24) is 19.9 Å². The number of nitrogens with two attached hydrogens (primary N) is 1. The van der Waals surface area contributed by atoms with Gasteiger partial charge in [-0.1, -0.05) is 12.1 Å². The first kappa shape index (κ1) is 28.1. The minimum atomic E-state index is -1.36. The maximum absolute atomic E-state index is 13.9. The largest absolute Gasteiger partial charge is 0.477 e. The van der Waals surface area contributed by atoms with Gasteiger partial charge in [0.2, 0.25) is 0 Å². The number of nitrogens with zero attached hydrogens (tertiary/aromatic N) is 3. The van der Waals surface area contributed by atoms with E-state index in [1.54, 1.807) is 19.1 Å². The van der Waals surface area contributed by atoms with E-state index in [0.717, 1.165) is 60.9 Å². The Labute approximate surface area is 223 Å². The van der Waals surface area contributed by atoms with Crippen LogP contribution in [0, 0.1) is 29.4 Å². The van der Waals surface area contributed by atoms with Crippen LogP contribution in [0.15, 0.2) is 30.5 Å². The molecule has 0 aliphatic heterocycles. The highest BCUT2D eigenvalue weighted by Gasteiger charge is 2.53. The molecule has 3 saturated carbocycles. The number of carboxylic acids is 1. The Hall–Kier alpha value is -3.93. The number of aryl methyl sites for hydroxylation is 1. The van der Waals surface area contributed by atoms with Gasteiger partial charge in [-0.05, 0) is 68.1 Å². The molecular weight excluding hydrogens is 512 g/mol. The zero-order chi connectivity index (χ0) is 28.4. The summed E-state index contributed by atoms with van der Waals surface area (Å²) >= 11 is 0. The van der Waals surface area contributed by atoms with Crippen LogP contribution in [0.3, 0.4) is 0 Å². The maximum atomic E-state index is 13.9. The van der Waals surface area contributed by atoms with Crippen LogP contribution in [0.1, 0.15) is 70.6 Å². The monoisotopic (exact) mass is 543 g/mol. The number of carbonyl (C=O) groups is 3. The van der Waals surface area contributed by atoms with Crippen LogP contribution in [0.5, 0.6) is 0 Å². The topological polar surface area (TPSA) is 149 Å². The molecule has 6 rings (SSSR count). The van der Waals surface area contributed by atoms with Crippen LogP contribution < -0.4 is 11.1 Å². The van der Waals surface area contributed by atoms with Crippen molar-refractivity contribution in [2.24, 2.45) is 16.6 Å². The lowest BCUT2D eigenvalue weighted by molar-refractivity contribution is -0.162. The second-order valence-corrected chi connectivity index (χ2v) is 10.3. The third-order valence-electron chi connectivity index (χ3n) is 7.98. The summed E-state index contributed by atoms with van der Waals surface area (Å²) in [6.45, 7) is 2.59. The molecule has 0 radical (unpaired) electrons. The van der Waals surface area contributed by atoms with E-state index in [-0.39, 0.29) is 28.5 Å². The predicted octanol–water partition coefficient (Wildman–Crippen LogP) is 3.40. The van der Waals surface area contributed by atoms with Gasteiger partial charge in [0.1, 0.15) is 11.5 Å². The number of fused-ring (bicyclic) bond motifs is 4. The van der Waals surface area contributed by atoms with E-state index in [4.69, 9.17) is 10.5 Å². The van der Waals surface area contributed by atoms with Gasteiger partial charge in [0.25, 0.3) is 5.91 Å². The molecule has 0 saturated heterocycles. The Morgan fingerprint density at radius 2 is 1.77 bits per heavy atom. The molecule has 12 heteroatoms. The second kappa shape index (κ2) is 11.0. The number of carboxylic acid groups (broad SMARTS) is 1. The number of rotatable bonds is 6. The zero-order valence-electron chi connectivity index (χ0n) is 21.8. The number of methoxy groups -OCH3 is 1. The lowest BCUT2D eigenvalue weighted by Gasteiger charge is -2.51. The molecule has 39 heavy (non-hydrogen) atoms. The molecule has 208 valence electrons. The van der Waals surface area contributed by atoms with Crippen molar-refractivity contribution in [2.45, 2.75) is 52.0 Å². The third kappa shape index (κ3) is 5.60. The second-order valence-electron chi connectivity index (χ2n) is 10.3. The van der Waals surface area contributed by atoms with Gasteiger partial charge in [-0.3, -0.25) is 9.59 Å². The number of hydrogen-bond acceptors (Lipinski definition) is 7. The molecule has 3 aliphatic carbocycles. The number of esters is 1. The Balaban J connectivity index is 0.000000298. The molecule has 2 heterocycles. The van der Waals surface area contributed by atoms with Crippen molar-refractivity contribution in [3.8, 4) is 0 Å². The van der Waals surface area contributed by atoms with E-state index in [1.165, 1.54) is 13.2 Å². The molecule has 0 atom stereocenters. The lowest BCUT2D eigenvalue weighted by atomic mass is 9.53. The number of benzene rings is 1. The summed E-state index contributed by atoms with van der Waals surface area (Å²) in [5.41, 5.74) is 5.62. The summed E-state index contributed by atoms with van der Waals surface area (Å²) in [5, 5.41) is 15.8. The summed E-state index contributed by atoms with van der Waals surface area (Å²) in [6, 6.07) is 5.98. The Morgan fingerprint density at radius 3 is 2.33 bits per heavy atom. The predicted molar refractivity (Wildman–Crippen MR) is 136 cm³/mol. The minimum absolute atomic E-state index is 0.0942. The van der Waals surface area contributed by atoms with Crippen LogP contribution in [-0.4, -0.2) is 51.2 Å². The van der Waals surface area contributed by atoms with Crippen LogP contribution >= 0.6 is 0 Å². The van der Waals surface area contributed by atoms with Crippen molar-refractivity contribution in [3.05, 3.63) is 64.6 Å². The molecular formula is C27H31F2N5O5. The van der Waals surface area contributed by atoms with Crippen LogP contribution in [-0.2, 0) is 16.1 Å². The Kier molecular flexibility index (Phi) is 7.96. The van der Waals surface area contributed by atoms with Gasteiger partial charge in [-0.15, -0.1) is 0 Å². The molecule has 0 spiro atoms. The fourth-order valence-electron chi connectivity index (χ4n) is 5.45. The van der Waals surface area contributed by atoms with Crippen molar-refractivity contribution in [2.75, 3.05) is 13.7 Å². The molecule has 2 aromatic heterocycles. The average molecular weight is 544 g/mol. The summed E-state index contributed by atoms with van der Waals surface area (Å²) in [7, 11) is 1.41. The van der Waals surface area contributed by atoms with Gasteiger partial charge in [-0.25, -0.2) is 23.1 Å². The molecule has 4 N–H and O–H groups in total.